The predicted molar refractivity (Wildman–Crippen MR) is 112 cm³/mol. The summed E-state index contributed by atoms with van der Waals surface area (Å²) in [5, 5.41) is 11.6. The second-order valence-corrected chi connectivity index (χ2v) is 8.55. The van der Waals surface area contributed by atoms with Gasteiger partial charge in [0.2, 0.25) is 0 Å². The van der Waals surface area contributed by atoms with Gasteiger partial charge in [0.25, 0.3) is 0 Å². The van der Waals surface area contributed by atoms with E-state index in [1.807, 2.05) is 0 Å². The zero-order valence-electron chi connectivity index (χ0n) is 17.8. The first kappa shape index (κ1) is 23.0. The molecule has 0 aliphatic carbocycles. The second-order valence-electron chi connectivity index (χ2n) is 8.55. The van der Waals surface area contributed by atoms with Crippen LogP contribution in [0.5, 0.6) is 5.75 Å². The molecule has 1 aromatic heterocycles. The van der Waals surface area contributed by atoms with Crippen LogP contribution in [0.25, 0.3) is 10.9 Å². The van der Waals surface area contributed by atoms with Crippen molar-refractivity contribution < 1.29 is 27.4 Å². The van der Waals surface area contributed by atoms with E-state index < -0.39 is 35.9 Å². The number of benzene rings is 2. The molecule has 7 heteroatoms. The number of aliphatic hydroxyl groups is 1. The summed E-state index contributed by atoms with van der Waals surface area (Å²) >= 11 is 0. The Kier molecular flexibility index (Phi) is 6.02. The third-order valence-electron chi connectivity index (χ3n) is 5.57. The fourth-order valence-corrected chi connectivity index (χ4v) is 4.15. The second kappa shape index (κ2) is 8.11. The monoisotopic (exact) mass is 435 g/mol. The number of alkyl halides is 3. The number of ether oxygens (including phenoxy) is 1. The zero-order valence-corrected chi connectivity index (χ0v) is 17.8. The third kappa shape index (κ3) is 4.66. The molecule has 0 fully saturated rings. The lowest BCUT2D eigenvalue weighted by molar-refractivity contribution is -0.266. The molecule has 3 aromatic rings. The zero-order chi connectivity index (χ0) is 23.0. The van der Waals surface area contributed by atoms with Crippen LogP contribution in [-0.4, -0.2) is 29.0 Å². The molecule has 0 amide bonds. The quantitative estimate of drug-likeness (QED) is 0.491. The van der Waals surface area contributed by atoms with Crippen molar-refractivity contribution in [2.75, 3.05) is 7.11 Å². The molecule has 0 aliphatic rings. The smallest absolute Gasteiger partial charge is 0.417 e. The minimum atomic E-state index is -4.91. The molecule has 1 atom stereocenters. The van der Waals surface area contributed by atoms with E-state index in [1.54, 1.807) is 37.3 Å². The van der Waals surface area contributed by atoms with Crippen molar-refractivity contribution in [1.82, 2.24) is 4.98 Å². The van der Waals surface area contributed by atoms with E-state index in [9.17, 15) is 22.7 Å². The topological polar surface area (TPSA) is 42.4 Å². The number of nitrogens with zero attached hydrogens (tertiary/aromatic N) is 1. The number of methoxy groups -OCH3 is 1. The lowest BCUT2D eigenvalue weighted by Gasteiger charge is -2.38. The van der Waals surface area contributed by atoms with E-state index in [4.69, 9.17) is 4.74 Å². The van der Waals surface area contributed by atoms with Gasteiger partial charge in [0.1, 0.15) is 11.6 Å². The first-order valence-corrected chi connectivity index (χ1v) is 9.85. The lowest BCUT2D eigenvalue weighted by atomic mass is 9.72. The van der Waals surface area contributed by atoms with Crippen molar-refractivity contribution in [1.29, 1.82) is 0 Å². The van der Waals surface area contributed by atoms with Gasteiger partial charge in [-0.05, 0) is 54.7 Å². The van der Waals surface area contributed by atoms with Crippen LogP contribution in [0.2, 0.25) is 0 Å². The maximum absolute atomic E-state index is 14.2. The van der Waals surface area contributed by atoms with Gasteiger partial charge in [0, 0.05) is 23.1 Å². The number of hydrogen-bond acceptors (Lipinski definition) is 3. The van der Waals surface area contributed by atoms with E-state index in [2.05, 4.69) is 4.98 Å². The Balaban J connectivity index is 2.08. The number of aromatic nitrogens is 1. The summed E-state index contributed by atoms with van der Waals surface area (Å²) in [6.07, 6.45) is -6.25. The fourth-order valence-electron chi connectivity index (χ4n) is 4.15. The van der Waals surface area contributed by atoms with E-state index >= 15 is 0 Å². The molecule has 166 valence electrons. The molecule has 0 radical (unpaired) electrons. The normalized spacial score (nSPS) is 14.5. The molecule has 0 bridgehead atoms. The molecule has 0 spiro atoms. The van der Waals surface area contributed by atoms with Gasteiger partial charge in [-0.3, -0.25) is 4.98 Å². The average molecular weight is 435 g/mol. The molecule has 0 saturated heterocycles. The Hall–Kier alpha value is -2.67. The summed E-state index contributed by atoms with van der Waals surface area (Å²) in [6.45, 7) is 4.78. The Morgan fingerprint density at radius 3 is 2.35 bits per heavy atom. The van der Waals surface area contributed by atoms with Gasteiger partial charge < -0.3 is 9.84 Å². The van der Waals surface area contributed by atoms with Crippen LogP contribution in [0, 0.1) is 12.7 Å². The van der Waals surface area contributed by atoms with Crippen LogP contribution >= 0.6 is 0 Å². The third-order valence-corrected chi connectivity index (χ3v) is 5.57. The molecular weight excluding hydrogens is 410 g/mol. The van der Waals surface area contributed by atoms with Crippen molar-refractivity contribution in [3.05, 3.63) is 71.2 Å². The van der Waals surface area contributed by atoms with Crippen LogP contribution in [0.3, 0.4) is 0 Å². The summed E-state index contributed by atoms with van der Waals surface area (Å²) in [4.78, 5) is 4.36. The summed E-state index contributed by atoms with van der Waals surface area (Å²) in [7, 11) is 1.37. The first-order valence-electron chi connectivity index (χ1n) is 9.85. The van der Waals surface area contributed by atoms with Gasteiger partial charge >= 0.3 is 6.18 Å². The number of halogens is 4. The minimum Gasteiger partial charge on any atom is -0.496 e. The molecular formula is C24H25F4NO2. The predicted octanol–water partition coefficient (Wildman–Crippen LogP) is 5.89. The summed E-state index contributed by atoms with van der Waals surface area (Å²) < 4.78 is 61.8. The van der Waals surface area contributed by atoms with Crippen LogP contribution in [-0.2, 0) is 11.8 Å². The summed E-state index contributed by atoms with van der Waals surface area (Å²) in [5.74, 6) is -0.323. The molecule has 0 saturated carbocycles. The number of hydrogen-bond donors (Lipinski definition) is 1. The number of fused-ring (bicyclic) bond motifs is 1. The molecule has 3 nitrogen and oxygen atoms in total. The van der Waals surface area contributed by atoms with E-state index in [1.165, 1.54) is 33.1 Å². The lowest BCUT2D eigenvalue weighted by Crippen LogP contribution is -2.51. The largest absolute Gasteiger partial charge is 0.496 e. The molecule has 2 aromatic carbocycles. The van der Waals surface area contributed by atoms with Crippen LogP contribution in [0.1, 0.15) is 37.1 Å². The van der Waals surface area contributed by atoms with Crippen molar-refractivity contribution in [2.24, 2.45) is 0 Å². The van der Waals surface area contributed by atoms with E-state index in [-0.39, 0.29) is 11.3 Å². The van der Waals surface area contributed by atoms with Gasteiger partial charge in [0.05, 0.1) is 12.6 Å². The Labute approximate surface area is 178 Å². The van der Waals surface area contributed by atoms with E-state index in [0.717, 1.165) is 6.07 Å². The maximum atomic E-state index is 14.2. The van der Waals surface area contributed by atoms with Gasteiger partial charge in [-0.25, -0.2) is 4.39 Å². The Morgan fingerprint density at radius 2 is 1.71 bits per heavy atom. The number of rotatable bonds is 6. The first-order chi connectivity index (χ1) is 14.4. The van der Waals surface area contributed by atoms with Gasteiger partial charge in [-0.2, -0.15) is 13.2 Å². The van der Waals surface area contributed by atoms with Crippen molar-refractivity contribution in [2.45, 2.75) is 50.8 Å². The molecule has 3 rings (SSSR count). The standard InChI is InChI=1S/C24H25F4NO2/c1-15-11-16(18-7-5-6-8-20(18)29-15)13-23(30,24(26,27)28)14-22(2,3)19-12-17(25)9-10-21(19)31-4/h5-12,30H,13-14H2,1-4H3. The van der Waals surface area contributed by atoms with Crippen molar-refractivity contribution in [3.63, 3.8) is 0 Å². The fraction of sp³-hybridized carbons (Fsp3) is 0.375. The highest BCUT2D eigenvalue weighted by atomic mass is 19.4. The van der Waals surface area contributed by atoms with Gasteiger partial charge in [0.15, 0.2) is 5.60 Å². The molecule has 1 heterocycles. The molecule has 0 aliphatic heterocycles. The number of pyridine rings is 1. The number of aryl methyl sites for hydroxylation is 1. The highest BCUT2D eigenvalue weighted by molar-refractivity contribution is 5.82. The van der Waals surface area contributed by atoms with Crippen LogP contribution < -0.4 is 4.74 Å². The van der Waals surface area contributed by atoms with Crippen LogP contribution in [0.15, 0.2) is 48.5 Å². The Bertz CT molecular complexity index is 1090. The molecule has 1 unspecified atom stereocenters. The minimum absolute atomic E-state index is 0.258. The van der Waals surface area contributed by atoms with Crippen LogP contribution in [0.4, 0.5) is 17.6 Å². The van der Waals surface area contributed by atoms with Crippen molar-refractivity contribution >= 4 is 10.9 Å². The molecule has 31 heavy (non-hydrogen) atoms. The SMILES string of the molecule is COc1ccc(F)cc1C(C)(C)CC(O)(Cc1cc(C)nc2ccccc12)C(F)(F)F. The Morgan fingerprint density at radius 1 is 1.03 bits per heavy atom. The highest BCUT2D eigenvalue weighted by Crippen LogP contribution is 2.45. The maximum Gasteiger partial charge on any atom is 0.417 e. The summed E-state index contributed by atoms with van der Waals surface area (Å²) in [6, 6.07) is 12.2. The highest BCUT2D eigenvalue weighted by Gasteiger charge is 2.56. The molecule has 1 N–H and O–H groups in total. The van der Waals surface area contributed by atoms with Crippen molar-refractivity contribution in [3.8, 4) is 5.75 Å². The average Bonchev–Trinajstić information content (AvgIpc) is 2.66. The number of para-hydroxylation sites is 1. The van der Waals surface area contributed by atoms with E-state index in [0.29, 0.717) is 22.2 Å². The van der Waals surface area contributed by atoms with Gasteiger partial charge in [-0.15, -0.1) is 0 Å². The van der Waals surface area contributed by atoms with Gasteiger partial charge in [-0.1, -0.05) is 32.0 Å². The summed E-state index contributed by atoms with van der Waals surface area (Å²) in [5.41, 5.74) is -2.56.